The molecule has 2 rings (SSSR count). The Hall–Kier alpha value is -1.69. The molecule has 1 fully saturated rings. The molecule has 1 aromatic carbocycles. The van der Waals surface area contributed by atoms with Crippen LogP contribution >= 0.6 is 11.8 Å². The lowest BCUT2D eigenvalue weighted by Gasteiger charge is -2.20. The number of urea groups is 1. The summed E-state index contributed by atoms with van der Waals surface area (Å²) >= 11 is 1.67. The Morgan fingerprint density at radius 3 is 2.57 bits per heavy atom. The molecule has 1 unspecified atom stereocenters. The van der Waals surface area contributed by atoms with E-state index in [1.807, 2.05) is 30.5 Å². The summed E-state index contributed by atoms with van der Waals surface area (Å²) in [7, 11) is 0. The van der Waals surface area contributed by atoms with Gasteiger partial charge in [0, 0.05) is 24.5 Å². The van der Waals surface area contributed by atoms with Crippen molar-refractivity contribution in [3.05, 3.63) is 29.8 Å². The highest BCUT2D eigenvalue weighted by molar-refractivity contribution is 7.98. The molecule has 0 spiro atoms. The average Bonchev–Trinajstić information content (AvgIpc) is 2.89. The minimum absolute atomic E-state index is 0.200. The zero-order valence-corrected chi connectivity index (χ0v) is 13.1. The third kappa shape index (κ3) is 3.69. The van der Waals surface area contributed by atoms with Crippen molar-refractivity contribution >= 4 is 23.8 Å². The maximum atomic E-state index is 12.1. The third-order valence-corrected chi connectivity index (χ3v) is 4.62. The Balaban J connectivity index is 1.86. The first-order valence-electron chi connectivity index (χ1n) is 6.84. The van der Waals surface area contributed by atoms with E-state index in [0.29, 0.717) is 19.5 Å². The molecule has 0 radical (unpaired) electrons. The first kappa shape index (κ1) is 15.7. The SMILES string of the molecule is CSc1ccc(CNC(=O)N2CCC(C)(C(=O)O)C2)cc1. The van der Waals surface area contributed by atoms with Crippen LogP contribution < -0.4 is 5.32 Å². The molecule has 1 saturated heterocycles. The molecule has 0 bridgehead atoms. The number of thioether (sulfide) groups is 1. The summed E-state index contributed by atoms with van der Waals surface area (Å²) in [4.78, 5) is 26.0. The van der Waals surface area contributed by atoms with E-state index in [2.05, 4.69) is 5.32 Å². The van der Waals surface area contributed by atoms with Gasteiger partial charge in [-0.2, -0.15) is 0 Å². The molecule has 2 N–H and O–H groups in total. The number of carbonyl (C=O) groups is 2. The van der Waals surface area contributed by atoms with Gasteiger partial charge in [0.25, 0.3) is 0 Å². The van der Waals surface area contributed by atoms with Gasteiger partial charge in [-0.15, -0.1) is 11.8 Å². The number of aliphatic carboxylic acids is 1. The number of nitrogens with zero attached hydrogens (tertiary/aromatic N) is 1. The molecule has 114 valence electrons. The van der Waals surface area contributed by atoms with Gasteiger partial charge in [-0.25, -0.2) is 4.79 Å². The Labute approximate surface area is 128 Å². The predicted molar refractivity (Wildman–Crippen MR) is 82.4 cm³/mol. The van der Waals surface area contributed by atoms with E-state index < -0.39 is 11.4 Å². The van der Waals surface area contributed by atoms with Crippen LogP contribution in [0.25, 0.3) is 0 Å². The summed E-state index contributed by atoms with van der Waals surface area (Å²) in [6.07, 6.45) is 2.52. The van der Waals surface area contributed by atoms with Gasteiger partial charge >= 0.3 is 12.0 Å². The Bertz CT molecular complexity index is 532. The van der Waals surface area contributed by atoms with E-state index in [9.17, 15) is 9.59 Å². The number of carboxylic acid groups (broad SMARTS) is 1. The van der Waals surface area contributed by atoms with Crippen molar-refractivity contribution < 1.29 is 14.7 Å². The predicted octanol–water partition coefficient (Wildman–Crippen LogP) is 2.41. The average molecular weight is 308 g/mol. The van der Waals surface area contributed by atoms with E-state index in [4.69, 9.17) is 5.11 Å². The topological polar surface area (TPSA) is 69.6 Å². The highest BCUT2D eigenvalue weighted by Crippen LogP contribution is 2.30. The molecule has 1 aliphatic heterocycles. The molecule has 1 aromatic rings. The van der Waals surface area contributed by atoms with Crippen molar-refractivity contribution in [2.75, 3.05) is 19.3 Å². The molecule has 0 aliphatic carbocycles. The number of amides is 2. The maximum Gasteiger partial charge on any atom is 0.317 e. The second kappa shape index (κ2) is 6.39. The number of benzene rings is 1. The van der Waals surface area contributed by atoms with Crippen molar-refractivity contribution in [3.8, 4) is 0 Å². The van der Waals surface area contributed by atoms with Gasteiger partial charge in [0.15, 0.2) is 0 Å². The Morgan fingerprint density at radius 1 is 1.38 bits per heavy atom. The fourth-order valence-corrected chi connectivity index (χ4v) is 2.75. The molecule has 2 amide bonds. The standard InChI is InChI=1S/C15H20N2O3S/c1-15(13(18)19)7-8-17(10-15)14(20)16-9-11-3-5-12(21-2)6-4-11/h3-6H,7-10H2,1-2H3,(H,16,20)(H,18,19). The van der Waals surface area contributed by atoms with Crippen LogP contribution in [-0.2, 0) is 11.3 Å². The highest BCUT2D eigenvalue weighted by atomic mass is 32.2. The van der Waals surface area contributed by atoms with Crippen molar-refractivity contribution in [2.24, 2.45) is 5.41 Å². The summed E-state index contributed by atoms with van der Waals surface area (Å²) in [5, 5.41) is 12.0. The number of carbonyl (C=O) groups excluding carboxylic acids is 1. The van der Waals surface area contributed by atoms with Crippen molar-refractivity contribution in [1.29, 1.82) is 0 Å². The normalized spacial score (nSPS) is 21.3. The largest absolute Gasteiger partial charge is 0.481 e. The lowest BCUT2D eigenvalue weighted by Crippen LogP contribution is -2.40. The summed E-state index contributed by atoms with van der Waals surface area (Å²) in [5.41, 5.74) is 0.207. The number of hydrogen-bond acceptors (Lipinski definition) is 3. The highest BCUT2D eigenvalue weighted by Gasteiger charge is 2.42. The third-order valence-electron chi connectivity index (χ3n) is 3.88. The Morgan fingerprint density at radius 2 is 2.05 bits per heavy atom. The molecule has 5 nitrogen and oxygen atoms in total. The van der Waals surface area contributed by atoms with Gasteiger partial charge < -0.3 is 15.3 Å². The van der Waals surface area contributed by atoms with Crippen LogP contribution in [0.4, 0.5) is 4.79 Å². The number of hydrogen-bond donors (Lipinski definition) is 2. The smallest absolute Gasteiger partial charge is 0.317 e. The van der Waals surface area contributed by atoms with Crippen LogP contribution in [0.5, 0.6) is 0 Å². The van der Waals surface area contributed by atoms with Crippen molar-refractivity contribution in [3.63, 3.8) is 0 Å². The first-order chi connectivity index (χ1) is 9.94. The number of likely N-dealkylation sites (tertiary alicyclic amines) is 1. The van der Waals surface area contributed by atoms with Gasteiger partial charge in [-0.1, -0.05) is 12.1 Å². The second-order valence-electron chi connectivity index (χ2n) is 5.54. The molecule has 1 aliphatic rings. The van der Waals surface area contributed by atoms with Crippen LogP contribution in [0, 0.1) is 5.41 Å². The number of carboxylic acids is 1. The summed E-state index contributed by atoms with van der Waals surface area (Å²) < 4.78 is 0. The van der Waals surface area contributed by atoms with E-state index in [0.717, 1.165) is 5.56 Å². The van der Waals surface area contributed by atoms with Crippen LogP contribution in [-0.4, -0.2) is 41.4 Å². The van der Waals surface area contributed by atoms with Crippen molar-refractivity contribution in [1.82, 2.24) is 10.2 Å². The zero-order chi connectivity index (χ0) is 15.5. The lowest BCUT2D eigenvalue weighted by atomic mass is 9.90. The fourth-order valence-electron chi connectivity index (χ4n) is 2.34. The van der Waals surface area contributed by atoms with E-state index in [1.54, 1.807) is 23.6 Å². The molecular formula is C15H20N2O3S. The van der Waals surface area contributed by atoms with Crippen LogP contribution in [0.3, 0.4) is 0 Å². The van der Waals surface area contributed by atoms with Crippen LogP contribution in [0.2, 0.25) is 0 Å². The van der Waals surface area contributed by atoms with E-state index >= 15 is 0 Å². The van der Waals surface area contributed by atoms with Gasteiger partial charge in [0.2, 0.25) is 0 Å². The van der Waals surface area contributed by atoms with Gasteiger partial charge in [0.1, 0.15) is 0 Å². The van der Waals surface area contributed by atoms with Crippen molar-refractivity contribution in [2.45, 2.75) is 24.8 Å². The molecular weight excluding hydrogens is 288 g/mol. The van der Waals surface area contributed by atoms with Crippen LogP contribution in [0.15, 0.2) is 29.2 Å². The molecule has 6 heteroatoms. The first-order valence-corrected chi connectivity index (χ1v) is 8.06. The van der Waals surface area contributed by atoms with Gasteiger partial charge in [-0.3, -0.25) is 4.79 Å². The number of nitrogens with one attached hydrogen (secondary N) is 1. The zero-order valence-electron chi connectivity index (χ0n) is 12.3. The lowest BCUT2D eigenvalue weighted by molar-refractivity contribution is -0.146. The quantitative estimate of drug-likeness (QED) is 0.838. The summed E-state index contributed by atoms with van der Waals surface area (Å²) in [6, 6.07) is 7.80. The van der Waals surface area contributed by atoms with Gasteiger partial charge in [0.05, 0.1) is 5.41 Å². The summed E-state index contributed by atoms with van der Waals surface area (Å²) in [5.74, 6) is -0.842. The summed E-state index contributed by atoms with van der Waals surface area (Å²) in [6.45, 7) is 2.89. The molecule has 21 heavy (non-hydrogen) atoms. The molecule has 0 saturated carbocycles. The maximum absolute atomic E-state index is 12.1. The molecule has 1 heterocycles. The monoisotopic (exact) mass is 308 g/mol. The minimum atomic E-state index is -0.842. The number of rotatable bonds is 4. The Kier molecular flexibility index (Phi) is 4.77. The second-order valence-corrected chi connectivity index (χ2v) is 6.42. The van der Waals surface area contributed by atoms with Gasteiger partial charge in [-0.05, 0) is 37.3 Å². The van der Waals surface area contributed by atoms with E-state index in [1.165, 1.54) is 4.90 Å². The molecule has 1 atom stereocenters. The fraction of sp³-hybridized carbons (Fsp3) is 0.467. The van der Waals surface area contributed by atoms with Crippen LogP contribution in [0.1, 0.15) is 18.9 Å². The molecule has 0 aromatic heterocycles. The van der Waals surface area contributed by atoms with E-state index in [-0.39, 0.29) is 12.6 Å². The minimum Gasteiger partial charge on any atom is -0.481 e.